The van der Waals surface area contributed by atoms with E-state index in [1.807, 2.05) is 55.4 Å². The van der Waals surface area contributed by atoms with Gasteiger partial charge in [0.2, 0.25) is 35.4 Å². The molecular formula is C41H72N6O10. The number of carbonyl (C=O) groups is 7. The van der Waals surface area contributed by atoms with Crippen LogP contribution in [-0.2, 0) is 43.0 Å². The van der Waals surface area contributed by atoms with Gasteiger partial charge < -0.3 is 46.5 Å². The molecule has 0 aromatic carbocycles. The number of aliphatic carboxylic acids is 1. The predicted octanol–water partition coefficient (Wildman–Crippen LogP) is 2.76. The third-order valence-electron chi connectivity index (χ3n) is 8.96. The molecule has 6 atom stereocenters. The Kier molecular flexibility index (Phi) is 26.8. The lowest BCUT2D eigenvalue weighted by atomic mass is 9.97. The average molecular weight is 809 g/mol. The molecule has 0 aliphatic heterocycles. The molecule has 0 bridgehead atoms. The second-order valence-corrected chi connectivity index (χ2v) is 16.1. The second kappa shape index (κ2) is 29.0. The number of carbonyl (C=O) groups excluding carboxylic acids is 6. The minimum atomic E-state index is -1.03. The fraction of sp³-hybridized carbons (Fsp3) is 0.732. The highest BCUT2D eigenvalue weighted by Gasteiger charge is 2.28. The Labute approximate surface area is 339 Å². The smallest absolute Gasteiger partial charge is 0.305 e. The minimum Gasteiger partial charge on any atom is -0.481 e. The molecular weight excluding hydrogens is 736 g/mol. The van der Waals surface area contributed by atoms with Gasteiger partial charge in [-0.05, 0) is 30.1 Å². The zero-order valence-corrected chi connectivity index (χ0v) is 35.7. The van der Waals surface area contributed by atoms with Gasteiger partial charge in [0.15, 0.2) is 0 Å². The number of nitrogens with one attached hydrogen (secondary N) is 6. The molecule has 0 aliphatic rings. The fourth-order valence-corrected chi connectivity index (χ4v) is 5.92. The predicted molar refractivity (Wildman–Crippen MR) is 219 cm³/mol. The molecule has 16 nitrogen and oxygen atoms in total. The maximum absolute atomic E-state index is 13.4. The molecule has 0 aromatic heterocycles. The molecule has 0 rings (SSSR count). The van der Waals surface area contributed by atoms with Crippen LogP contribution < -0.4 is 31.9 Å². The fourth-order valence-electron chi connectivity index (χ4n) is 5.92. The first-order valence-corrected chi connectivity index (χ1v) is 20.0. The highest BCUT2D eigenvalue weighted by atomic mass is 16.5. The first-order chi connectivity index (χ1) is 26.7. The summed E-state index contributed by atoms with van der Waals surface area (Å²) in [7, 11) is 0. The van der Waals surface area contributed by atoms with Gasteiger partial charge in [0.25, 0.3) is 0 Å². The highest BCUT2D eigenvalue weighted by molar-refractivity contribution is 5.83. The Morgan fingerprint density at radius 3 is 1.18 bits per heavy atom. The van der Waals surface area contributed by atoms with Crippen molar-refractivity contribution < 1.29 is 48.1 Å². The van der Waals surface area contributed by atoms with Crippen molar-refractivity contribution in [3.8, 4) is 0 Å². The van der Waals surface area contributed by atoms with Crippen LogP contribution in [0.25, 0.3) is 0 Å². The van der Waals surface area contributed by atoms with Gasteiger partial charge in [0, 0.05) is 63.2 Å². The van der Waals surface area contributed by atoms with E-state index >= 15 is 0 Å². The van der Waals surface area contributed by atoms with Crippen molar-refractivity contribution in [2.75, 3.05) is 26.4 Å². The van der Waals surface area contributed by atoms with Gasteiger partial charge in [-0.15, -0.1) is 13.2 Å². The summed E-state index contributed by atoms with van der Waals surface area (Å²) in [6.07, 6.45) is 2.93. The van der Waals surface area contributed by atoms with Crippen LogP contribution in [0.2, 0.25) is 0 Å². The monoisotopic (exact) mass is 809 g/mol. The standard InChI is InChI=1S/C41H72N6O10/c1-12-14-56-23-31(17-36(49)43-30(16-25(3)4)19-41(54)55)44-39(52)21-34(27(7)8)47-40(53)22-35(28(9)10)46-37(50)18-32(24-57-15-13-2)45-38(51)20-33(26(5)6)42-29(11)48/h12-13,25-28,30-35H,1-2,14-24H2,3-11H3,(H,42,48)(H,43,49)(H,44,52)(H,45,51)(H,46,50)(H,47,53)(H,54,55)/t30-,31-,32-,33-,34-,35-/m1/s1. The average Bonchev–Trinajstić information content (AvgIpc) is 3.06. The lowest BCUT2D eigenvalue weighted by Crippen LogP contribution is -2.50. The number of carboxylic acid groups (broad SMARTS) is 1. The number of hydrogen-bond donors (Lipinski definition) is 7. The first-order valence-electron chi connectivity index (χ1n) is 20.0. The Hall–Kier alpha value is -4.31. The Morgan fingerprint density at radius 1 is 0.509 bits per heavy atom. The van der Waals surface area contributed by atoms with E-state index in [0.717, 1.165) is 0 Å². The van der Waals surface area contributed by atoms with Crippen LogP contribution in [-0.4, -0.2) is 109 Å². The van der Waals surface area contributed by atoms with E-state index < -0.39 is 53.9 Å². The third kappa shape index (κ3) is 26.3. The zero-order chi connectivity index (χ0) is 43.7. The summed E-state index contributed by atoms with van der Waals surface area (Å²) in [4.78, 5) is 88.8. The van der Waals surface area contributed by atoms with E-state index in [0.29, 0.717) is 6.42 Å². The molecule has 0 unspecified atom stereocenters. The number of ether oxygens (including phenoxy) is 2. The molecule has 0 saturated carbocycles. The molecule has 57 heavy (non-hydrogen) atoms. The van der Waals surface area contributed by atoms with Crippen LogP contribution in [0, 0.1) is 23.7 Å². The molecule has 326 valence electrons. The van der Waals surface area contributed by atoms with E-state index in [1.54, 1.807) is 6.08 Å². The second-order valence-electron chi connectivity index (χ2n) is 16.1. The van der Waals surface area contributed by atoms with Crippen LogP contribution in [0.3, 0.4) is 0 Å². The number of carboxylic acids is 1. The van der Waals surface area contributed by atoms with Gasteiger partial charge in [-0.1, -0.05) is 67.5 Å². The molecule has 16 heteroatoms. The Bertz CT molecular complexity index is 1300. The highest BCUT2D eigenvalue weighted by Crippen LogP contribution is 2.13. The van der Waals surface area contributed by atoms with E-state index in [2.05, 4.69) is 45.1 Å². The number of rotatable bonds is 31. The molecule has 7 N–H and O–H groups in total. The van der Waals surface area contributed by atoms with Crippen LogP contribution in [0.15, 0.2) is 25.3 Å². The van der Waals surface area contributed by atoms with E-state index in [9.17, 15) is 38.7 Å². The quantitative estimate of drug-likeness (QED) is 0.0400. The molecule has 0 aromatic rings. The lowest BCUT2D eigenvalue weighted by Gasteiger charge is -2.27. The van der Waals surface area contributed by atoms with Crippen molar-refractivity contribution in [1.29, 1.82) is 0 Å². The molecule has 0 fully saturated rings. The van der Waals surface area contributed by atoms with Gasteiger partial charge in [-0.25, -0.2) is 0 Å². The van der Waals surface area contributed by atoms with Crippen molar-refractivity contribution in [2.24, 2.45) is 23.7 Å². The first kappa shape index (κ1) is 52.7. The molecule has 0 spiro atoms. The topological polar surface area (TPSA) is 230 Å². The third-order valence-corrected chi connectivity index (χ3v) is 8.96. The largest absolute Gasteiger partial charge is 0.481 e. The zero-order valence-electron chi connectivity index (χ0n) is 35.7. The Balaban J connectivity index is 5.60. The maximum atomic E-state index is 13.4. The summed E-state index contributed by atoms with van der Waals surface area (Å²) in [5.41, 5.74) is 0. The molecule has 0 aliphatic carbocycles. The van der Waals surface area contributed by atoms with Crippen molar-refractivity contribution in [2.45, 2.75) is 144 Å². The summed E-state index contributed by atoms with van der Waals surface area (Å²) in [5.74, 6) is -3.40. The molecule has 0 saturated heterocycles. The van der Waals surface area contributed by atoms with Crippen LogP contribution in [0.1, 0.15) is 107 Å². The lowest BCUT2D eigenvalue weighted by molar-refractivity contribution is -0.138. The van der Waals surface area contributed by atoms with Crippen molar-refractivity contribution in [1.82, 2.24) is 31.9 Å². The summed E-state index contributed by atoms with van der Waals surface area (Å²) in [5, 5.41) is 26.4. The van der Waals surface area contributed by atoms with Crippen molar-refractivity contribution in [3.05, 3.63) is 25.3 Å². The summed E-state index contributed by atoms with van der Waals surface area (Å²) >= 11 is 0. The van der Waals surface area contributed by atoms with Gasteiger partial charge in [0.05, 0.1) is 44.9 Å². The van der Waals surface area contributed by atoms with E-state index in [-0.39, 0.29) is 112 Å². The van der Waals surface area contributed by atoms with Gasteiger partial charge >= 0.3 is 5.97 Å². The number of amides is 6. The SMILES string of the molecule is C=CCOC[C@@H](CC(=O)N[C@@H](CC(=O)O)CC(C)C)NC(=O)C[C@@H](NC(=O)C[C@@H](NC(=O)C[C@H](COCC=C)NC(=O)C[C@@H](NC(C)=O)C(C)C)C(C)C)C(C)C. The van der Waals surface area contributed by atoms with Crippen LogP contribution in [0.5, 0.6) is 0 Å². The summed E-state index contributed by atoms with van der Waals surface area (Å²) < 4.78 is 11.1. The van der Waals surface area contributed by atoms with Gasteiger partial charge in [-0.3, -0.25) is 33.6 Å². The van der Waals surface area contributed by atoms with Crippen molar-refractivity contribution >= 4 is 41.4 Å². The molecule has 6 amide bonds. The minimum absolute atomic E-state index is 0.000938. The molecule has 0 heterocycles. The summed E-state index contributed by atoms with van der Waals surface area (Å²) in [6.45, 7) is 24.2. The van der Waals surface area contributed by atoms with Crippen LogP contribution >= 0.6 is 0 Å². The van der Waals surface area contributed by atoms with E-state index in [1.165, 1.54) is 13.0 Å². The Morgan fingerprint density at radius 2 is 0.842 bits per heavy atom. The maximum Gasteiger partial charge on any atom is 0.305 e. The summed E-state index contributed by atoms with van der Waals surface area (Å²) in [6, 6.07) is -3.51. The van der Waals surface area contributed by atoms with E-state index in [4.69, 9.17) is 9.47 Å². The number of hydrogen-bond acceptors (Lipinski definition) is 9. The molecule has 0 radical (unpaired) electrons. The normalized spacial score (nSPS) is 14.5. The van der Waals surface area contributed by atoms with Crippen molar-refractivity contribution in [3.63, 3.8) is 0 Å². The van der Waals surface area contributed by atoms with Gasteiger partial charge in [0.1, 0.15) is 0 Å². The van der Waals surface area contributed by atoms with Gasteiger partial charge in [-0.2, -0.15) is 0 Å². The van der Waals surface area contributed by atoms with Crippen LogP contribution in [0.4, 0.5) is 0 Å².